The second-order valence-electron chi connectivity index (χ2n) is 4.39. The molecule has 1 N–H and O–H groups in total. The molecule has 16 heavy (non-hydrogen) atoms. The summed E-state index contributed by atoms with van der Waals surface area (Å²) in [6, 6.07) is 4.46. The molecule has 92 valence electrons. The van der Waals surface area contributed by atoms with Crippen molar-refractivity contribution < 1.29 is 9.15 Å². The largest absolute Gasteiger partial charge is 0.469 e. The first-order chi connectivity index (χ1) is 7.68. The molecule has 0 aliphatic heterocycles. The Morgan fingerprint density at radius 1 is 1.38 bits per heavy atom. The van der Waals surface area contributed by atoms with Gasteiger partial charge in [0.15, 0.2) is 0 Å². The van der Waals surface area contributed by atoms with Crippen LogP contribution < -0.4 is 5.32 Å². The fourth-order valence-electron chi connectivity index (χ4n) is 1.52. The van der Waals surface area contributed by atoms with Gasteiger partial charge in [0.25, 0.3) is 0 Å². The Hall–Kier alpha value is -0.800. The molecule has 0 amide bonds. The van der Waals surface area contributed by atoms with E-state index in [4.69, 9.17) is 9.15 Å². The number of rotatable bonds is 8. The maximum Gasteiger partial charge on any atom is 0.103 e. The van der Waals surface area contributed by atoms with Crippen molar-refractivity contribution in [2.45, 2.75) is 45.8 Å². The lowest BCUT2D eigenvalue weighted by atomic mass is 10.1. The van der Waals surface area contributed by atoms with Gasteiger partial charge in [0.1, 0.15) is 5.76 Å². The van der Waals surface area contributed by atoms with Crippen molar-refractivity contribution in [2.75, 3.05) is 13.2 Å². The number of aryl methyl sites for hydroxylation is 1. The van der Waals surface area contributed by atoms with Gasteiger partial charge >= 0.3 is 0 Å². The Morgan fingerprint density at radius 3 is 2.81 bits per heavy atom. The van der Waals surface area contributed by atoms with Gasteiger partial charge in [-0.25, -0.2) is 0 Å². The summed E-state index contributed by atoms with van der Waals surface area (Å²) >= 11 is 0. The van der Waals surface area contributed by atoms with Crippen LogP contribution in [-0.2, 0) is 11.2 Å². The van der Waals surface area contributed by atoms with Gasteiger partial charge in [-0.05, 0) is 39.3 Å². The summed E-state index contributed by atoms with van der Waals surface area (Å²) in [7, 11) is 0. The zero-order chi connectivity index (χ0) is 11.8. The summed E-state index contributed by atoms with van der Waals surface area (Å²) in [6.07, 6.45) is 4.13. The molecular weight excluding hydrogens is 202 g/mol. The van der Waals surface area contributed by atoms with Gasteiger partial charge in [0.2, 0.25) is 0 Å². The van der Waals surface area contributed by atoms with Crippen molar-refractivity contribution in [3.05, 3.63) is 24.2 Å². The maximum absolute atomic E-state index is 5.46. The van der Waals surface area contributed by atoms with Gasteiger partial charge in [0.05, 0.1) is 19.0 Å². The number of hydrogen-bond acceptors (Lipinski definition) is 3. The molecule has 0 saturated heterocycles. The van der Waals surface area contributed by atoms with Crippen molar-refractivity contribution in [2.24, 2.45) is 0 Å². The van der Waals surface area contributed by atoms with Crippen molar-refractivity contribution in [1.29, 1.82) is 0 Å². The summed E-state index contributed by atoms with van der Waals surface area (Å²) in [5, 5.41) is 3.43. The summed E-state index contributed by atoms with van der Waals surface area (Å²) in [5.74, 6) is 1.06. The highest BCUT2D eigenvalue weighted by molar-refractivity contribution is 4.98. The lowest BCUT2D eigenvalue weighted by Crippen LogP contribution is -2.30. The quantitative estimate of drug-likeness (QED) is 0.691. The van der Waals surface area contributed by atoms with Crippen LogP contribution in [0.1, 0.15) is 33.0 Å². The second-order valence-corrected chi connectivity index (χ2v) is 4.39. The van der Waals surface area contributed by atoms with Gasteiger partial charge in [-0.3, -0.25) is 0 Å². The third-order valence-electron chi connectivity index (χ3n) is 2.45. The Morgan fingerprint density at radius 2 is 2.19 bits per heavy atom. The van der Waals surface area contributed by atoms with Crippen molar-refractivity contribution >= 4 is 0 Å². The molecule has 0 aliphatic carbocycles. The minimum atomic E-state index is 0.320. The predicted molar refractivity (Wildman–Crippen MR) is 65.6 cm³/mol. The van der Waals surface area contributed by atoms with Crippen molar-refractivity contribution in [3.8, 4) is 0 Å². The fraction of sp³-hybridized carbons (Fsp3) is 0.692. The molecule has 1 aromatic rings. The molecule has 0 bridgehead atoms. The number of nitrogens with one attached hydrogen (secondary N) is 1. The van der Waals surface area contributed by atoms with E-state index >= 15 is 0 Å². The number of hydrogen-bond donors (Lipinski definition) is 1. The molecule has 1 aromatic heterocycles. The molecule has 3 nitrogen and oxygen atoms in total. The maximum atomic E-state index is 5.46. The Kier molecular flexibility index (Phi) is 6.19. The zero-order valence-electron chi connectivity index (χ0n) is 10.5. The van der Waals surface area contributed by atoms with E-state index in [0.717, 1.165) is 31.8 Å². The molecule has 0 spiro atoms. The first-order valence-corrected chi connectivity index (χ1v) is 6.06. The van der Waals surface area contributed by atoms with E-state index in [1.165, 1.54) is 0 Å². The topological polar surface area (TPSA) is 34.4 Å². The summed E-state index contributed by atoms with van der Waals surface area (Å²) in [6.45, 7) is 8.00. The third-order valence-corrected chi connectivity index (χ3v) is 2.45. The lowest BCUT2D eigenvalue weighted by Gasteiger charge is -2.14. The fourth-order valence-corrected chi connectivity index (χ4v) is 1.52. The van der Waals surface area contributed by atoms with E-state index in [9.17, 15) is 0 Å². The van der Waals surface area contributed by atoms with Gasteiger partial charge in [0, 0.05) is 19.0 Å². The van der Waals surface area contributed by atoms with Crippen LogP contribution in [-0.4, -0.2) is 25.3 Å². The Bertz CT molecular complexity index is 257. The highest BCUT2D eigenvalue weighted by atomic mass is 16.5. The number of ether oxygens (including phenoxy) is 1. The standard InChI is InChI=1S/C13H23NO2/c1-11(2)15-10-8-14-12(3)6-7-13-5-4-9-16-13/h4-5,9,11-12,14H,6-8,10H2,1-3H3. The molecule has 1 heterocycles. The summed E-state index contributed by atoms with van der Waals surface area (Å²) in [5.41, 5.74) is 0. The van der Waals surface area contributed by atoms with E-state index in [1.54, 1.807) is 6.26 Å². The van der Waals surface area contributed by atoms with E-state index in [0.29, 0.717) is 12.1 Å². The van der Waals surface area contributed by atoms with Crippen LogP contribution >= 0.6 is 0 Å². The van der Waals surface area contributed by atoms with E-state index < -0.39 is 0 Å². The molecule has 3 heteroatoms. The average molecular weight is 225 g/mol. The van der Waals surface area contributed by atoms with Crippen LogP contribution in [0.2, 0.25) is 0 Å². The normalized spacial score (nSPS) is 13.2. The first-order valence-electron chi connectivity index (χ1n) is 6.06. The van der Waals surface area contributed by atoms with Gasteiger partial charge in [-0.15, -0.1) is 0 Å². The molecule has 0 fully saturated rings. The predicted octanol–water partition coefficient (Wildman–Crippen LogP) is 2.62. The molecule has 1 rings (SSSR count). The molecule has 1 unspecified atom stereocenters. The van der Waals surface area contributed by atoms with Crippen LogP contribution in [0.5, 0.6) is 0 Å². The summed E-state index contributed by atoms with van der Waals surface area (Å²) < 4.78 is 10.8. The minimum absolute atomic E-state index is 0.320. The molecule has 0 saturated carbocycles. The van der Waals surface area contributed by atoms with E-state index in [1.807, 2.05) is 12.1 Å². The molecule has 0 radical (unpaired) electrons. The smallest absolute Gasteiger partial charge is 0.103 e. The average Bonchev–Trinajstić information content (AvgIpc) is 2.74. The zero-order valence-corrected chi connectivity index (χ0v) is 10.5. The second kappa shape index (κ2) is 7.47. The van der Waals surface area contributed by atoms with Gasteiger partial charge in [-0.2, -0.15) is 0 Å². The molecule has 0 aromatic carbocycles. The molecule has 1 atom stereocenters. The highest BCUT2D eigenvalue weighted by Crippen LogP contribution is 2.05. The lowest BCUT2D eigenvalue weighted by molar-refractivity contribution is 0.0794. The van der Waals surface area contributed by atoms with Crippen LogP contribution in [0.15, 0.2) is 22.8 Å². The van der Waals surface area contributed by atoms with Crippen LogP contribution in [0, 0.1) is 0 Å². The van der Waals surface area contributed by atoms with E-state index in [-0.39, 0.29) is 0 Å². The van der Waals surface area contributed by atoms with Gasteiger partial charge in [-0.1, -0.05) is 0 Å². The monoisotopic (exact) mass is 225 g/mol. The molecular formula is C13H23NO2. The van der Waals surface area contributed by atoms with Gasteiger partial charge < -0.3 is 14.5 Å². The Balaban J connectivity index is 2.00. The first kappa shape index (κ1) is 13.3. The van der Waals surface area contributed by atoms with Crippen molar-refractivity contribution in [3.63, 3.8) is 0 Å². The summed E-state index contributed by atoms with van der Waals surface area (Å²) in [4.78, 5) is 0. The van der Waals surface area contributed by atoms with Crippen LogP contribution in [0.4, 0.5) is 0 Å². The minimum Gasteiger partial charge on any atom is -0.469 e. The third kappa shape index (κ3) is 5.93. The Labute approximate surface area is 98.2 Å². The SMILES string of the molecule is CC(CCc1ccco1)NCCOC(C)C. The van der Waals surface area contributed by atoms with Crippen LogP contribution in [0.25, 0.3) is 0 Å². The van der Waals surface area contributed by atoms with Crippen LogP contribution in [0.3, 0.4) is 0 Å². The number of furan rings is 1. The van der Waals surface area contributed by atoms with E-state index in [2.05, 4.69) is 26.1 Å². The highest BCUT2D eigenvalue weighted by Gasteiger charge is 2.03. The molecule has 0 aliphatic rings. The van der Waals surface area contributed by atoms with Crippen molar-refractivity contribution in [1.82, 2.24) is 5.32 Å².